The Hall–Kier alpha value is -1.92. The third-order valence-corrected chi connectivity index (χ3v) is 3.12. The van der Waals surface area contributed by atoms with E-state index >= 15 is 0 Å². The monoisotopic (exact) mass is 307 g/mol. The smallest absolute Gasteiger partial charge is 0.225 e. The van der Waals surface area contributed by atoms with Crippen LogP contribution in [0, 0.1) is 0 Å². The molecule has 0 spiro atoms. The van der Waals surface area contributed by atoms with E-state index in [2.05, 4.69) is 20.7 Å². The predicted octanol–water partition coefficient (Wildman–Crippen LogP) is 2.25. The molecule has 0 saturated heterocycles. The van der Waals surface area contributed by atoms with Gasteiger partial charge >= 0.3 is 0 Å². The van der Waals surface area contributed by atoms with Crippen LogP contribution in [0.5, 0.6) is 0 Å². The molecule has 7 heteroatoms. The van der Waals surface area contributed by atoms with Gasteiger partial charge in [0.2, 0.25) is 5.91 Å². The van der Waals surface area contributed by atoms with Crippen molar-refractivity contribution in [2.24, 2.45) is 0 Å². The minimum absolute atomic E-state index is 0.0771. The van der Waals surface area contributed by atoms with Gasteiger partial charge in [-0.25, -0.2) is 9.67 Å². The highest BCUT2D eigenvalue weighted by Crippen LogP contribution is 2.27. The van der Waals surface area contributed by atoms with Crippen molar-refractivity contribution in [2.75, 3.05) is 11.9 Å². The van der Waals surface area contributed by atoms with Gasteiger partial charge in [0.05, 0.1) is 10.7 Å². The van der Waals surface area contributed by atoms with E-state index in [0.717, 1.165) is 0 Å². The quantitative estimate of drug-likeness (QED) is 0.858. The topological polar surface area (TPSA) is 71.8 Å². The summed E-state index contributed by atoms with van der Waals surface area (Å²) in [6.45, 7) is 4.71. The van der Waals surface area contributed by atoms with E-state index in [1.165, 1.54) is 17.3 Å². The number of hydrogen-bond acceptors (Lipinski definition) is 4. The first kappa shape index (κ1) is 15.5. The van der Waals surface area contributed by atoms with Crippen LogP contribution >= 0.6 is 11.6 Å². The van der Waals surface area contributed by atoms with Crippen LogP contribution in [0.15, 0.2) is 30.9 Å². The molecule has 0 atom stereocenters. The molecule has 2 aromatic rings. The third-order valence-electron chi connectivity index (χ3n) is 2.81. The van der Waals surface area contributed by atoms with E-state index in [1.807, 2.05) is 13.8 Å². The summed E-state index contributed by atoms with van der Waals surface area (Å²) in [5.74, 6) is -0.0771. The van der Waals surface area contributed by atoms with Crippen LogP contribution in [0.2, 0.25) is 5.02 Å². The fourth-order valence-electron chi connectivity index (χ4n) is 1.86. The van der Waals surface area contributed by atoms with Gasteiger partial charge in [-0.3, -0.25) is 4.79 Å². The van der Waals surface area contributed by atoms with Crippen molar-refractivity contribution >= 4 is 23.2 Å². The maximum absolute atomic E-state index is 12.0. The molecular weight excluding hydrogens is 290 g/mol. The first-order chi connectivity index (χ1) is 10.1. The fourth-order valence-corrected chi connectivity index (χ4v) is 2.12. The molecule has 1 aromatic heterocycles. The van der Waals surface area contributed by atoms with E-state index in [9.17, 15) is 4.79 Å². The Morgan fingerprint density at radius 3 is 2.90 bits per heavy atom. The zero-order valence-corrected chi connectivity index (χ0v) is 12.8. The number of rotatable bonds is 6. The number of carbonyl (C=O) groups excluding carboxylic acids is 1. The van der Waals surface area contributed by atoms with E-state index < -0.39 is 0 Å². The van der Waals surface area contributed by atoms with Crippen molar-refractivity contribution in [3.05, 3.63) is 35.9 Å². The number of anilines is 1. The van der Waals surface area contributed by atoms with Crippen molar-refractivity contribution < 1.29 is 4.79 Å². The van der Waals surface area contributed by atoms with Crippen molar-refractivity contribution in [1.82, 2.24) is 20.1 Å². The van der Waals surface area contributed by atoms with Crippen LogP contribution in [0.25, 0.3) is 5.69 Å². The predicted molar refractivity (Wildman–Crippen MR) is 82.8 cm³/mol. The van der Waals surface area contributed by atoms with Gasteiger partial charge in [0.25, 0.3) is 0 Å². The first-order valence-electron chi connectivity index (χ1n) is 6.74. The second-order valence-corrected chi connectivity index (χ2v) is 5.29. The lowest BCUT2D eigenvalue weighted by atomic mass is 10.2. The second kappa shape index (κ2) is 7.19. The summed E-state index contributed by atoms with van der Waals surface area (Å²) in [4.78, 5) is 15.9. The number of hydrogen-bond donors (Lipinski definition) is 2. The van der Waals surface area contributed by atoms with Gasteiger partial charge in [-0.2, -0.15) is 5.10 Å². The van der Waals surface area contributed by atoms with Crippen LogP contribution in [-0.2, 0) is 4.79 Å². The number of nitrogens with one attached hydrogen (secondary N) is 2. The summed E-state index contributed by atoms with van der Waals surface area (Å²) in [6.07, 6.45) is 3.35. The minimum Gasteiger partial charge on any atom is -0.324 e. The maximum atomic E-state index is 12.0. The highest BCUT2D eigenvalue weighted by molar-refractivity contribution is 6.33. The SMILES string of the molecule is CC(C)NCCC(=O)Nc1cccc(Cl)c1-n1cncn1. The zero-order valence-electron chi connectivity index (χ0n) is 12.0. The fraction of sp³-hybridized carbons (Fsp3) is 0.357. The standard InChI is InChI=1S/C14H18ClN5O/c1-10(2)17-7-6-13(21)19-12-5-3-4-11(15)14(12)20-9-16-8-18-20/h3-5,8-10,17H,6-7H2,1-2H3,(H,19,21). The number of benzene rings is 1. The van der Waals surface area contributed by atoms with Gasteiger partial charge in [0.1, 0.15) is 18.3 Å². The molecule has 2 rings (SSSR count). The Labute approximate surface area is 128 Å². The maximum Gasteiger partial charge on any atom is 0.225 e. The molecule has 21 heavy (non-hydrogen) atoms. The molecule has 2 N–H and O–H groups in total. The number of carbonyl (C=O) groups is 1. The summed E-state index contributed by atoms with van der Waals surface area (Å²) < 4.78 is 1.53. The van der Waals surface area contributed by atoms with Crippen LogP contribution < -0.4 is 10.6 Å². The van der Waals surface area contributed by atoms with Crippen molar-refractivity contribution in [3.63, 3.8) is 0 Å². The summed E-state index contributed by atoms with van der Waals surface area (Å²) in [5, 5.41) is 10.6. The van der Waals surface area contributed by atoms with E-state index in [-0.39, 0.29) is 5.91 Å². The van der Waals surface area contributed by atoms with Crippen LogP contribution in [-0.4, -0.2) is 33.3 Å². The zero-order chi connectivity index (χ0) is 15.2. The molecule has 0 saturated carbocycles. The highest BCUT2D eigenvalue weighted by Gasteiger charge is 2.12. The molecule has 0 aliphatic heterocycles. The van der Waals surface area contributed by atoms with Crippen LogP contribution in [0.1, 0.15) is 20.3 Å². The molecule has 0 aliphatic carbocycles. The van der Waals surface area contributed by atoms with Gasteiger partial charge in [-0.15, -0.1) is 0 Å². The first-order valence-corrected chi connectivity index (χ1v) is 7.12. The normalized spacial score (nSPS) is 10.9. The average molecular weight is 308 g/mol. The van der Waals surface area contributed by atoms with Gasteiger partial charge in [-0.1, -0.05) is 31.5 Å². The van der Waals surface area contributed by atoms with E-state index in [4.69, 9.17) is 11.6 Å². The minimum atomic E-state index is -0.0771. The molecule has 6 nitrogen and oxygen atoms in total. The molecular formula is C14H18ClN5O. The Kier molecular flexibility index (Phi) is 5.30. The number of nitrogens with zero attached hydrogens (tertiary/aromatic N) is 3. The largest absolute Gasteiger partial charge is 0.324 e. The second-order valence-electron chi connectivity index (χ2n) is 4.88. The number of halogens is 1. The van der Waals surface area contributed by atoms with Gasteiger partial charge < -0.3 is 10.6 Å². The average Bonchev–Trinajstić information content (AvgIpc) is 2.92. The lowest BCUT2D eigenvalue weighted by Gasteiger charge is -2.13. The van der Waals surface area contributed by atoms with Crippen LogP contribution in [0.4, 0.5) is 5.69 Å². The van der Waals surface area contributed by atoms with Crippen molar-refractivity contribution in [1.29, 1.82) is 0 Å². The van der Waals surface area contributed by atoms with Gasteiger partial charge in [0, 0.05) is 19.0 Å². The number of para-hydroxylation sites is 1. The Bertz CT molecular complexity index is 597. The molecule has 1 amide bonds. The Morgan fingerprint density at radius 1 is 1.43 bits per heavy atom. The molecule has 1 aromatic carbocycles. The van der Waals surface area contributed by atoms with Gasteiger partial charge in [-0.05, 0) is 12.1 Å². The summed E-state index contributed by atoms with van der Waals surface area (Å²) in [5.41, 5.74) is 1.23. The highest BCUT2D eigenvalue weighted by atomic mass is 35.5. The van der Waals surface area contributed by atoms with Crippen molar-refractivity contribution in [3.8, 4) is 5.69 Å². The molecule has 1 heterocycles. The summed E-state index contributed by atoms with van der Waals surface area (Å²) >= 11 is 6.20. The lowest BCUT2D eigenvalue weighted by molar-refractivity contribution is -0.116. The van der Waals surface area contributed by atoms with Gasteiger partial charge in [0.15, 0.2) is 0 Å². The molecule has 0 unspecified atom stereocenters. The van der Waals surface area contributed by atoms with E-state index in [1.54, 1.807) is 18.2 Å². The number of amides is 1. The molecule has 0 fully saturated rings. The summed E-state index contributed by atoms with van der Waals surface area (Å²) in [6, 6.07) is 5.67. The summed E-state index contributed by atoms with van der Waals surface area (Å²) in [7, 11) is 0. The molecule has 0 bridgehead atoms. The molecule has 0 aliphatic rings. The molecule has 112 valence electrons. The lowest BCUT2D eigenvalue weighted by Crippen LogP contribution is -2.27. The Balaban J connectivity index is 2.10. The third kappa shape index (κ3) is 4.27. The van der Waals surface area contributed by atoms with Crippen LogP contribution in [0.3, 0.4) is 0 Å². The molecule has 0 radical (unpaired) electrons. The van der Waals surface area contributed by atoms with Crippen molar-refractivity contribution in [2.45, 2.75) is 26.3 Å². The Morgan fingerprint density at radius 2 is 2.24 bits per heavy atom. The van der Waals surface area contributed by atoms with E-state index in [0.29, 0.717) is 35.4 Å². The number of aromatic nitrogens is 3.